The SMILES string of the molecule is O=C1CCC2(C=C(C#Cc3cccc(Cl)c3)NO2)CC1. The van der Waals surface area contributed by atoms with Crippen molar-refractivity contribution in [2.75, 3.05) is 0 Å². The maximum absolute atomic E-state index is 11.3. The van der Waals surface area contributed by atoms with Gasteiger partial charge in [0.2, 0.25) is 0 Å². The van der Waals surface area contributed by atoms with E-state index in [1.807, 2.05) is 30.3 Å². The Morgan fingerprint density at radius 3 is 2.80 bits per heavy atom. The monoisotopic (exact) mass is 287 g/mol. The third kappa shape index (κ3) is 2.87. The minimum atomic E-state index is -0.355. The fourth-order valence-electron chi connectivity index (χ4n) is 2.44. The van der Waals surface area contributed by atoms with Crippen molar-refractivity contribution in [2.24, 2.45) is 0 Å². The van der Waals surface area contributed by atoms with Crippen LogP contribution in [0.25, 0.3) is 0 Å². The molecule has 0 saturated heterocycles. The molecule has 3 rings (SSSR count). The van der Waals surface area contributed by atoms with Crippen molar-refractivity contribution in [2.45, 2.75) is 31.3 Å². The molecule has 0 radical (unpaired) electrons. The number of hydrogen-bond donors (Lipinski definition) is 1. The molecule has 0 unspecified atom stereocenters. The number of allylic oxidation sites excluding steroid dienone is 1. The van der Waals surface area contributed by atoms with E-state index >= 15 is 0 Å². The van der Waals surface area contributed by atoms with Crippen LogP contribution in [-0.4, -0.2) is 11.4 Å². The lowest BCUT2D eigenvalue weighted by atomic mass is 9.84. The summed E-state index contributed by atoms with van der Waals surface area (Å²) in [4.78, 5) is 16.9. The quantitative estimate of drug-likeness (QED) is 0.746. The van der Waals surface area contributed by atoms with Crippen LogP contribution < -0.4 is 5.48 Å². The summed E-state index contributed by atoms with van der Waals surface area (Å²) in [5, 5.41) is 0.670. The van der Waals surface area contributed by atoms with Crippen molar-refractivity contribution < 1.29 is 9.63 Å². The first-order valence-electron chi connectivity index (χ1n) is 6.61. The number of carbonyl (C=O) groups excluding carboxylic acids is 1. The van der Waals surface area contributed by atoms with Crippen molar-refractivity contribution >= 4 is 17.4 Å². The van der Waals surface area contributed by atoms with Gasteiger partial charge in [0, 0.05) is 23.4 Å². The summed E-state index contributed by atoms with van der Waals surface area (Å²) in [6, 6.07) is 7.41. The average molecular weight is 288 g/mol. The lowest BCUT2D eigenvalue weighted by Crippen LogP contribution is -2.34. The van der Waals surface area contributed by atoms with Gasteiger partial charge < -0.3 is 0 Å². The third-order valence-corrected chi connectivity index (χ3v) is 3.83. The van der Waals surface area contributed by atoms with Gasteiger partial charge >= 0.3 is 0 Å². The molecule has 0 atom stereocenters. The number of benzene rings is 1. The molecule has 3 nitrogen and oxygen atoms in total. The summed E-state index contributed by atoms with van der Waals surface area (Å²) in [5.74, 6) is 6.40. The minimum absolute atomic E-state index is 0.311. The van der Waals surface area contributed by atoms with Gasteiger partial charge in [0.1, 0.15) is 17.1 Å². The molecule has 1 aromatic rings. The smallest absolute Gasteiger partial charge is 0.133 e. The fourth-order valence-corrected chi connectivity index (χ4v) is 2.63. The van der Waals surface area contributed by atoms with Crippen molar-refractivity contribution in [3.05, 3.63) is 46.6 Å². The van der Waals surface area contributed by atoms with Gasteiger partial charge in [0.25, 0.3) is 0 Å². The van der Waals surface area contributed by atoms with E-state index in [2.05, 4.69) is 17.3 Å². The van der Waals surface area contributed by atoms with Gasteiger partial charge in [-0.2, -0.15) is 0 Å². The molecule has 1 spiro atoms. The molecule has 1 aromatic carbocycles. The summed E-state index contributed by atoms with van der Waals surface area (Å²) >= 11 is 5.92. The molecular weight excluding hydrogens is 274 g/mol. The maximum atomic E-state index is 11.3. The second-order valence-electron chi connectivity index (χ2n) is 5.13. The molecule has 4 heteroatoms. The van der Waals surface area contributed by atoms with Gasteiger partial charge in [0.15, 0.2) is 0 Å². The van der Waals surface area contributed by atoms with Gasteiger partial charge in [-0.05, 0) is 43.0 Å². The molecule has 1 fully saturated rings. The van der Waals surface area contributed by atoms with Crippen LogP contribution in [0.3, 0.4) is 0 Å². The summed E-state index contributed by atoms with van der Waals surface area (Å²) in [5.41, 5.74) is 4.12. The normalized spacial score (nSPS) is 20.1. The Bertz CT molecular complexity index is 629. The first-order valence-corrected chi connectivity index (χ1v) is 6.99. The molecule has 1 N–H and O–H groups in total. The van der Waals surface area contributed by atoms with Gasteiger partial charge in [-0.3, -0.25) is 15.1 Å². The molecule has 0 bridgehead atoms. The van der Waals surface area contributed by atoms with Crippen LogP contribution in [0.5, 0.6) is 0 Å². The lowest BCUT2D eigenvalue weighted by Gasteiger charge is -2.28. The van der Waals surface area contributed by atoms with Crippen molar-refractivity contribution in [3.63, 3.8) is 0 Å². The molecular formula is C16H14ClNO2. The maximum Gasteiger partial charge on any atom is 0.133 e. The lowest BCUT2D eigenvalue weighted by molar-refractivity contribution is -0.127. The summed E-state index contributed by atoms with van der Waals surface area (Å²) in [7, 11) is 0. The Morgan fingerprint density at radius 2 is 2.05 bits per heavy atom. The minimum Gasteiger partial charge on any atom is -0.300 e. The Hall–Kier alpha value is -1.76. The van der Waals surface area contributed by atoms with E-state index < -0.39 is 0 Å². The van der Waals surface area contributed by atoms with Crippen LogP contribution >= 0.6 is 11.6 Å². The molecule has 0 amide bonds. The highest BCUT2D eigenvalue weighted by atomic mass is 35.5. The van der Waals surface area contributed by atoms with E-state index in [-0.39, 0.29) is 5.60 Å². The highest BCUT2D eigenvalue weighted by Crippen LogP contribution is 2.34. The number of carbonyl (C=O) groups is 1. The summed E-state index contributed by atoms with van der Waals surface area (Å²) in [6.45, 7) is 0. The van der Waals surface area contributed by atoms with Crippen LogP contribution in [0.4, 0.5) is 0 Å². The van der Waals surface area contributed by atoms with E-state index in [1.165, 1.54) is 0 Å². The van der Waals surface area contributed by atoms with Crippen molar-refractivity contribution in [1.29, 1.82) is 0 Å². The molecule has 1 saturated carbocycles. The van der Waals surface area contributed by atoms with Crippen molar-refractivity contribution in [1.82, 2.24) is 5.48 Å². The Labute approximate surface area is 122 Å². The number of hydroxylamine groups is 1. The largest absolute Gasteiger partial charge is 0.300 e. The standard InChI is InChI=1S/C16H14ClNO2/c17-13-3-1-2-12(10-13)4-5-14-11-16(20-18-14)8-6-15(19)7-9-16/h1-3,10-11,18H,6-9H2. The summed E-state index contributed by atoms with van der Waals surface area (Å²) < 4.78 is 0. The Morgan fingerprint density at radius 1 is 1.25 bits per heavy atom. The Kier molecular flexibility index (Phi) is 3.52. The van der Waals surface area contributed by atoms with Crippen molar-refractivity contribution in [3.8, 4) is 11.8 Å². The predicted molar refractivity (Wildman–Crippen MR) is 76.8 cm³/mol. The molecule has 1 heterocycles. The molecule has 20 heavy (non-hydrogen) atoms. The van der Waals surface area contributed by atoms with Crippen LogP contribution in [0, 0.1) is 11.8 Å². The summed E-state index contributed by atoms with van der Waals surface area (Å²) in [6.07, 6.45) is 4.60. The zero-order valence-electron chi connectivity index (χ0n) is 10.9. The molecule has 102 valence electrons. The van der Waals surface area contributed by atoms with Crippen LogP contribution in [0.2, 0.25) is 5.02 Å². The molecule has 1 aliphatic heterocycles. The van der Waals surface area contributed by atoms with E-state index in [0.29, 0.717) is 23.6 Å². The zero-order valence-corrected chi connectivity index (χ0v) is 11.7. The Balaban J connectivity index is 1.75. The highest BCUT2D eigenvalue weighted by Gasteiger charge is 2.38. The highest BCUT2D eigenvalue weighted by molar-refractivity contribution is 6.30. The fraction of sp³-hybridized carbons (Fsp3) is 0.312. The number of nitrogens with one attached hydrogen (secondary N) is 1. The number of rotatable bonds is 0. The molecule has 0 aromatic heterocycles. The number of hydrogen-bond acceptors (Lipinski definition) is 3. The average Bonchev–Trinajstić information content (AvgIpc) is 2.84. The third-order valence-electron chi connectivity index (χ3n) is 3.59. The second-order valence-corrected chi connectivity index (χ2v) is 5.56. The number of Topliss-reactive ketones (excluding diaryl/α,β-unsaturated/α-hetero) is 1. The number of ketones is 1. The molecule has 2 aliphatic rings. The topological polar surface area (TPSA) is 38.3 Å². The van der Waals surface area contributed by atoms with E-state index in [0.717, 1.165) is 24.1 Å². The van der Waals surface area contributed by atoms with E-state index in [1.54, 1.807) is 0 Å². The zero-order chi connectivity index (χ0) is 14.0. The van der Waals surface area contributed by atoms with Crippen LogP contribution in [0.15, 0.2) is 36.0 Å². The first kappa shape index (κ1) is 13.2. The van der Waals surface area contributed by atoms with E-state index in [9.17, 15) is 4.79 Å². The molecule has 1 aliphatic carbocycles. The van der Waals surface area contributed by atoms with Crippen LogP contribution in [0.1, 0.15) is 31.2 Å². The van der Waals surface area contributed by atoms with Crippen LogP contribution in [-0.2, 0) is 9.63 Å². The van der Waals surface area contributed by atoms with Gasteiger partial charge in [-0.25, -0.2) is 0 Å². The van der Waals surface area contributed by atoms with Gasteiger partial charge in [0.05, 0.1) is 0 Å². The van der Waals surface area contributed by atoms with E-state index in [4.69, 9.17) is 16.4 Å². The first-order chi connectivity index (χ1) is 9.65. The van der Waals surface area contributed by atoms with Gasteiger partial charge in [-0.1, -0.05) is 23.6 Å². The van der Waals surface area contributed by atoms with Gasteiger partial charge in [-0.15, -0.1) is 0 Å². The predicted octanol–water partition coefficient (Wildman–Crippen LogP) is 2.99. The second kappa shape index (κ2) is 5.32. The number of halogens is 1.